The average molecular weight is 548 g/mol. The molecule has 0 spiro atoms. The lowest BCUT2D eigenvalue weighted by Crippen LogP contribution is -2.38. The first-order chi connectivity index (χ1) is 19.8. The second kappa shape index (κ2) is 12.0. The van der Waals surface area contributed by atoms with E-state index >= 15 is 0 Å². The van der Waals surface area contributed by atoms with Gasteiger partial charge in [0.05, 0.1) is 23.6 Å². The average Bonchev–Trinajstić information content (AvgIpc) is 3.25. The van der Waals surface area contributed by atoms with E-state index in [9.17, 15) is 14.7 Å². The van der Waals surface area contributed by atoms with Gasteiger partial charge >= 0.3 is 6.09 Å². The highest BCUT2D eigenvalue weighted by Crippen LogP contribution is 2.22. The molecule has 0 unspecified atom stereocenters. The van der Waals surface area contributed by atoms with Crippen molar-refractivity contribution in [3.05, 3.63) is 130 Å². The number of fused-ring (bicyclic) bond motifs is 1. The molecule has 0 fully saturated rings. The highest BCUT2D eigenvalue weighted by Gasteiger charge is 2.22. The molecule has 0 saturated heterocycles. The van der Waals surface area contributed by atoms with Gasteiger partial charge in [-0.15, -0.1) is 4.99 Å². The maximum atomic E-state index is 13.2. The summed E-state index contributed by atoms with van der Waals surface area (Å²) >= 11 is 0. The Balaban J connectivity index is 1.64. The van der Waals surface area contributed by atoms with E-state index in [0.717, 1.165) is 38.9 Å². The molecule has 41 heavy (non-hydrogen) atoms. The minimum Gasteiger partial charge on any atom is -0.463 e. The van der Waals surface area contributed by atoms with Crippen LogP contribution in [0, 0.1) is 20.8 Å². The Bertz CT molecular complexity index is 1770. The fraction of sp³-hybridized carbons (Fsp3) is 0.212. The van der Waals surface area contributed by atoms with Crippen LogP contribution in [0.25, 0.3) is 11.0 Å². The smallest absolute Gasteiger partial charge is 0.434 e. The van der Waals surface area contributed by atoms with E-state index in [-0.39, 0.29) is 18.5 Å². The molecule has 2 N–H and O–H groups in total. The van der Waals surface area contributed by atoms with Gasteiger partial charge in [0, 0.05) is 12.7 Å². The summed E-state index contributed by atoms with van der Waals surface area (Å²) in [5.41, 5.74) is 7.52. The normalized spacial score (nSPS) is 12.4. The van der Waals surface area contributed by atoms with Gasteiger partial charge in [-0.1, -0.05) is 77.9 Å². The van der Waals surface area contributed by atoms with Crippen LogP contribution in [0.5, 0.6) is 0 Å². The second-order valence-corrected chi connectivity index (χ2v) is 10.3. The van der Waals surface area contributed by atoms with Crippen LogP contribution in [-0.4, -0.2) is 37.8 Å². The van der Waals surface area contributed by atoms with Crippen LogP contribution in [0.4, 0.5) is 4.79 Å². The molecule has 5 aromatic rings. The first kappa shape index (κ1) is 27.6. The van der Waals surface area contributed by atoms with Crippen LogP contribution in [0.2, 0.25) is 0 Å². The number of imidazole rings is 1. The number of hydrogen-bond acceptors (Lipinski definition) is 3. The lowest BCUT2D eigenvalue weighted by molar-refractivity contribution is 0.0941. The number of amides is 2. The third-order valence-electron chi connectivity index (χ3n) is 7.23. The van der Waals surface area contributed by atoms with Gasteiger partial charge in [-0.3, -0.25) is 9.78 Å². The van der Waals surface area contributed by atoms with E-state index in [0.29, 0.717) is 24.3 Å². The molecule has 8 heteroatoms. The second-order valence-electron chi connectivity index (χ2n) is 10.3. The number of carboxylic acid groups (broad SMARTS) is 1. The Kier molecular flexibility index (Phi) is 8.10. The third kappa shape index (κ3) is 6.27. The van der Waals surface area contributed by atoms with Crippen molar-refractivity contribution < 1.29 is 14.7 Å². The van der Waals surface area contributed by atoms with Gasteiger partial charge in [0.25, 0.3) is 5.91 Å². The van der Waals surface area contributed by atoms with Gasteiger partial charge in [-0.2, -0.15) is 0 Å². The molecule has 0 aliphatic heterocycles. The number of aryl methyl sites for hydroxylation is 3. The Hall–Kier alpha value is -4.98. The van der Waals surface area contributed by atoms with Gasteiger partial charge in [-0.25, -0.2) is 4.79 Å². The summed E-state index contributed by atoms with van der Waals surface area (Å²) in [5, 5.41) is 12.9. The monoisotopic (exact) mass is 547 g/mol. The summed E-state index contributed by atoms with van der Waals surface area (Å²) in [6, 6.07) is 27.5. The molecule has 2 heterocycles. The van der Waals surface area contributed by atoms with Crippen LogP contribution in [0.1, 0.15) is 44.3 Å². The quantitative estimate of drug-likeness (QED) is 0.264. The van der Waals surface area contributed by atoms with Crippen molar-refractivity contribution in [1.29, 1.82) is 0 Å². The summed E-state index contributed by atoms with van der Waals surface area (Å²) in [6.45, 7) is 6.60. The van der Waals surface area contributed by atoms with Crippen molar-refractivity contribution >= 4 is 23.0 Å². The van der Waals surface area contributed by atoms with Crippen LogP contribution in [-0.2, 0) is 13.0 Å². The van der Waals surface area contributed by atoms with Crippen molar-refractivity contribution in [2.75, 3.05) is 6.54 Å². The Labute approximate surface area is 238 Å². The molecule has 0 saturated carbocycles. The summed E-state index contributed by atoms with van der Waals surface area (Å²) in [6.07, 6.45) is 0.866. The highest BCUT2D eigenvalue weighted by molar-refractivity contribution is 5.93. The first-order valence-corrected chi connectivity index (χ1v) is 13.6. The van der Waals surface area contributed by atoms with Crippen LogP contribution < -0.4 is 10.9 Å². The predicted octanol–water partition coefficient (Wildman–Crippen LogP) is 5.60. The number of carbonyl (C=O) groups is 2. The molecule has 0 aliphatic carbocycles. The van der Waals surface area contributed by atoms with Crippen molar-refractivity contribution in [3.63, 3.8) is 0 Å². The van der Waals surface area contributed by atoms with Gasteiger partial charge < -0.3 is 19.6 Å². The SMILES string of the molecule is Cc1ccc(C[C@@H](CNC(=O)c2ncccc2C)n2c(=NC(=O)O)n(Cc3ccc(C)cc3)c3ccccc32)cc1. The molecule has 5 rings (SSSR count). The standard InChI is InChI=1S/C33H33N5O3/c1-22-10-14-25(15-11-22)19-27(20-35-31(39)30-24(3)7-6-18-34-30)38-29-9-5-4-8-28(29)37(32(38)36-33(40)41)21-26-16-12-23(2)13-17-26/h4-18,27H,19-21H2,1-3H3,(H,35,39)(H,40,41)/t27-/m0/s1. The predicted molar refractivity (Wildman–Crippen MR) is 159 cm³/mol. The molecule has 3 aromatic carbocycles. The van der Waals surface area contributed by atoms with Crippen molar-refractivity contribution in [3.8, 4) is 0 Å². The lowest BCUT2D eigenvalue weighted by Gasteiger charge is -2.21. The first-order valence-electron chi connectivity index (χ1n) is 13.6. The zero-order valence-corrected chi connectivity index (χ0v) is 23.4. The number of benzene rings is 3. The van der Waals surface area contributed by atoms with Crippen molar-refractivity contribution in [2.45, 2.75) is 39.8 Å². The van der Waals surface area contributed by atoms with Gasteiger partial charge in [0.2, 0.25) is 5.62 Å². The molecule has 0 radical (unpaired) electrons. The lowest BCUT2D eigenvalue weighted by atomic mass is 10.0. The van der Waals surface area contributed by atoms with E-state index in [1.54, 1.807) is 12.3 Å². The van der Waals surface area contributed by atoms with Crippen LogP contribution in [0.3, 0.4) is 0 Å². The fourth-order valence-electron chi connectivity index (χ4n) is 5.10. The van der Waals surface area contributed by atoms with Crippen LogP contribution in [0.15, 0.2) is 96.1 Å². The van der Waals surface area contributed by atoms with Gasteiger partial charge in [0.1, 0.15) is 5.69 Å². The zero-order chi connectivity index (χ0) is 28.9. The fourth-order valence-corrected chi connectivity index (χ4v) is 5.10. The molecular formula is C33H33N5O3. The largest absolute Gasteiger partial charge is 0.463 e. The molecule has 2 aromatic heterocycles. The molecule has 1 atom stereocenters. The van der Waals surface area contributed by atoms with Gasteiger partial charge in [-0.05, 0) is 62.1 Å². The summed E-state index contributed by atoms with van der Waals surface area (Å²) in [5.74, 6) is -0.280. The molecule has 0 aliphatic rings. The van der Waals surface area contributed by atoms with E-state index in [2.05, 4.69) is 39.6 Å². The van der Waals surface area contributed by atoms with E-state index in [1.165, 1.54) is 0 Å². The molecule has 0 bridgehead atoms. The van der Waals surface area contributed by atoms with Crippen LogP contribution >= 0.6 is 0 Å². The Morgan fingerprint density at radius 2 is 1.49 bits per heavy atom. The van der Waals surface area contributed by atoms with Gasteiger partial charge in [0.15, 0.2) is 0 Å². The molecular weight excluding hydrogens is 514 g/mol. The number of rotatable bonds is 8. The summed E-state index contributed by atoms with van der Waals surface area (Å²) in [4.78, 5) is 33.6. The minimum atomic E-state index is -1.28. The summed E-state index contributed by atoms with van der Waals surface area (Å²) < 4.78 is 3.88. The molecule has 2 amide bonds. The molecule has 8 nitrogen and oxygen atoms in total. The number of hydrogen-bond donors (Lipinski definition) is 2. The van der Waals surface area contributed by atoms with E-state index in [4.69, 9.17) is 0 Å². The number of carbonyl (C=O) groups excluding carboxylic acids is 1. The topological polar surface area (TPSA) is 102 Å². The number of nitrogens with zero attached hydrogens (tertiary/aromatic N) is 4. The van der Waals surface area contributed by atoms with E-state index < -0.39 is 6.09 Å². The number of pyridine rings is 1. The maximum absolute atomic E-state index is 13.2. The number of aromatic nitrogens is 3. The Morgan fingerprint density at radius 3 is 2.12 bits per heavy atom. The maximum Gasteiger partial charge on any atom is 0.434 e. The highest BCUT2D eigenvalue weighted by atomic mass is 16.4. The summed E-state index contributed by atoms with van der Waals surface area (Å²) in [7, 11) is 0. The number of nitrogens with one attached hydrogen (secondary N) is 1. The van der Waals surface area contributed by atoms with Crippen molar-refractivity contribution in [1.82, 2.24) is 19.4 Å². The number of para-hydroxylation sites is 2. The Morgan fingerprint density at radius 1 is 0.854 bits per heavy atom. The van der Waals surface area contributed by atoms with E-state index in [1.807, 2.05) is 84.5 Å². The minimum absolute atomic E-state index is 0.244. The third-order valence-corrected chi connectivity index (χ3v) is 7.23. The molecule has 208 valence electrons. The van der Waals surface area contributed by atoms with Crippen molar-refractivity contribution in [2.24, 2.45) is 4.99 Å². The zero-order valence-electron chi connectivity index (χ0n) is 23.4.